The maximum Gasteiger partial charge on any atom is 0.164 e. The number of rotatable bonds is 3. The van der Waals surface area contributed by atoms with Gasteiger partial charge in [0.1, 0.15) is 0 Å². The quantitative estimate of drug-likeness (QED) is 0.757. The highest BCUT2D eigenvalue weighted by Crippen LogP contribution is 2.20. The van der Waals surface area contributed by atoms with Crippen molar-refractivity contribution >= 4 is 29.0 Å². The number of Topliss-reactive ketones (excluding diaryl/α,β-unsaturated/α-hetero) is 1. The summed E-state index contributed by atoms with van der Waals surface area (Å²) in [5, 5.41) is 9.44. The third-order valence-electron chi connectivity index (χ3n) is 1.90. The summed E-state index contributed by atoms with van der Waals surface area (Å²) in [6.45, 7) is 1.70. The first-order valence-electron chi connectivity index (χ1n) is 4.42. The predicted molar refractivity (Wildman–Crippen MR) is 60.2 cm³/mol. The van der Waals surface area contributed by atoms with Gasteiger partial charge in [0.25, 0.3) is 0 Å². The number of benzene rings is 1. The molecule has 0 saturated carbocycles. The molecule has 15 heavy (non-hydrogen) atoms. The average Bonchev–Trinajstić information content (AvgIpc) is 2.16. The first-order valence-corrected chi connectivity index (χ1v) is 5.17. The topological polar surface area (TPSA) is 40.9 Å². The number of nitrogens with zero attached hydrogens (tertiary/aromatic N) is 1. The second-order valence-electron chi connectivity index (χ2n) is 3.32. The van der Waals surface area contributed by atoms with Gasteiger partial charge < -0.3 is 0 Å². The van der Waals surface area contributed by atoms with E-state index in [4.69, 9.17) is 28.5 Å². The van der Waals surface area contributed by atoms with Crippen LogP contribution >= 0.6 is 23.2 Å². The zero-order chi connectivity index (χ0) is 11.4. The van der Waals surface area contributed by atoms with Crippen molar-refractivity contribution in [2.24, 2.45) is 5.92 Å². The fourth-order valence-electron chi connectivity index (χ4n) is 1.16. The summed E-state index contributed by atoms with van der Waals surface area (Å²) in [4.78, 5) is 11.7. The first kappa shape index (κ1) is 12.0. The van der Waals surface area contributed by atoms with Crippen LogP contribution in [0.3, 0.4) is 0 Å². The van der Waals surface area contributed by atoms with Crippen molar-refractivity contribution in [2.75, 3.05) is 0 Å². The summed E-state index contributed by atoms with van der Waals surface area (Å²) in [7, 11) is 0. The van der Waals surface area contributed by atoms with Crippen molar-refractivity contribution in [3.8, 4) is 6.07 Å². The minimum Gasteiger partial charge on any atom is -0.294 e. The van der Waals surface area contributed by atoms with Crippen molar-refractivity contribution < 1.29 is 4.79 Å². The largest absolute Gasteiger partial charge is 0.294 e. The van der Waals surface area contributed by atoms with E-state index < -0.39 is 0 Å². The van der Waals surface area contributed by atoms with Gasteiger partial charge in [-0.2, -0.15) is 5.26 Å². The Morgan fingerprint density at radius 2 is 1.93 bits per heavy atom. The van der Waals surface area contributed by atoms with E-state index in [0.29, 0.717) is 15.6 Å². The maximum absolute atomic E-state index is 11.7. The molecule has 0 aliphatic rings. The molecule has 0 spiro atoms. The molecular weight excluding hydrogens is 233 g/mol. The lowest BCUT2D eigenvalue weighted by molar-refractivity contribution is 0.0973. The van der Waals surface area contributed by atoms with Gasteiger partial charge in [-0.15, -0.1) is 0 Å². The van der Waals surface area contributed by atoms with Crippen LogP contribution < -0.4 is 0 Å². The maximum atomic E-state index is 11.7. The van der Waals surface area contributed by atoms with E-state index >= 15 is 0 Å². The number of ketones is 1. The molecule has 4 heteroatoms. The van der Waals surface area contributed by atoms with Crippen molar-refractivity contribution in [1.29, 1.82) is 5.26 Å². The number of carbonyl (C=O) groups is 1. The van der Waals surface area contributed by atoms with Crippen LogP contribution in [0, 0.1) is 17.2 Å². The van der Waals surface area contributed by atoms with Gasteiger partial charge in [0, 0.05) is 22.0 Å². The van der Waals surface area contributed by atoms with Gasteiger partial charge in [0.05, 0.1) is 12.0 Å². The van der Waals surface area contributed by atoms with E-state index in [2.05, 4.69) is 0 Å². The number of hydrogen-bond acceptors (Lipinski definition) is 2. The summed E-state index contributed by atoms with van der Waals surface area (Å²) >= 11 is 11.5. The SMILES string of the molecule is CC(C#N)CC(=O)c1cc(Cl)cc(Cl)c1. The summed E-state index contributed by atoms with van der Waals surface area (Å²) < 4.78 is 0. The van der Waals surface area contributed by atoms with Gasteiger partial charge in [0.2, 0.25) is 0 Å². The van der Waals surface area contributed by atoms with E-state index in [-0.39, 0.29) is 18.1 Å². The van der Waals surface area contributed by atoms with Gasteiger partial charge in [-0.3, -0.25) is 4.79 Å². The van der Waals surface area contributed by atoms with Gasteiger partial charge in [-0.1, -0.05) is 23.2 Å². The molecule has 0 amide bonds. The molecule has 1 aromatic rings. The van der Waals surface area contributed by atoms with Crippen LogP contribution in [0.25, 0.3) is 0 Å². The zero-order valence-electron chi connectivity index (χ0n) is 8.13. The molecule has 0 aliphatic carbocycles. The Labute approximate surface area is 98.4 Å². The molecule has 0 fully saturated rings. The Balaban J connectivity index is 2.88. The molecule has 0 N–H and O–H groups in total. The van der Waals surface area contributed by atoms with Crippen LogP contribution in [-0.2, 0) is 0 Å². The lowest BCUT2D eigenvalue weighted by Gasteiger charge is -2.03. The molecular formula is C11H9Cl2NO. The normalized spacial score (nSPS) is 11.9. The first-order chi connectivity index (χ1) is 7.02. The molecule has 0 bridgehead atoms. The third kappa shape index (κ3) is 3.54. The van der Waals surface area contributed by atoms with Gasteiger partial charge in [0.15, 0.2) is 5.78 Å². The summed E-state index contributed by atoms with van der Waals surface area (Å²) in [5.41, 5.74) is 0.453. The van der Waals surface area contributed by atoms with Crippen molar-refractivity contribution in [1.82, 2.24) is 0 Å². The van der Waals surface area contributed by atoms with Gasteiger partial charge in [-0.25, -0.2) is 0 Å². The monoisotopic (exact) mass is 241 g/mol. The fourth-order valence-corrected chi connectivity index (χ4v) is 1.68. The molecule has 1 rings (SSSR count). The number of halogens is 2. The molecule has 78 valence electrons. The minimum atomic E-state index is -0.296. The van der Waals surface area contributed by atoms with E-state index in [1.165, 1.54) is 0 Å². The van der Waals surface area contributed by atoms with Crippen LogP contribution in [0.4, 0.5) is 0 Å². The second-order valence-corrected chi connectivity index (χ2v) is 4.19. The molecule has 0 saturated heterocycles. The number of carbonyl (C=O) groups excluding carboxylic acids is 1. The van der Waals surface area contributed by atoms with Crippen molar-refractivity contribution in [3.05, 3.63) is 33.8 Å². The van der Waals surface area contributed by atoms with Crippen LogP contribution in [0.2, 0.25) is 10.0 Å². The highest BCUT2D eigenvalue weighted by molar-refractivity contribution is 6.35. The van der Waals surface area contributed by atoms with E-state index in [1.54, 1.807) is 25.1 Å². The predicted octanol–water partition coefficient (Wildman–Crippen LogP) is 3.73. The van der Waals surface area contributed by atoms with Crippen LogP contribution in [0.1, 0.15) is 23.7 Å². The molecule has 1 aromatic carbocycles. The lowest BCUT2D eigenvalue weighted by atomic mass is 10.0. The highest BCUT2D eigenvalue weighted by Gasteiger charge is 2.11. The minimum absolute atomic E-state index is 0.117. The Morgan fingerprint density at radius 1 is 1.40 bits per heavy atom. The molecule has 1 atom stereocenters. The molecule has 2 nitrogen and oxygen atoms in total. The van der Waals surface area contributed by atoms with Crippen LogP contribution in [-0.4, -0.2) is 5.78 Å². The molecule has 0 aromatic heterocycles. The number of hydrogen-bond donors (Lipinski definition) is 0. The zero-order valence-corrected chi connectivity index (χ0v) is 9.64. The van der Waals surface area contributed by atoms with Crippen LogP contribution in [0.5, 0.6) is 0 Å². The number of nitriles is 1. The van der Waals surface area contributed by atoms with Crippen molar-refractivity contribution in [2.45, 2.75) is 13.3 Å². The smallest absolute Gasteiger partial charge is 0.164 e. The van der Waals surface area contributed by atoms with E-state index in [9.17, 15) is 4.79 Å². The second kappa shape index (κ2) is 5.16. The van der Waals surface area contributed by atoms with E-state index in [1.807, 2.05) is 6.07 Å². The Bertz CT molecular complexity index is 403. The summed E-state index contributed by atoms with van der Waals surface area (Å²) in [6.07, 6.45) is 0.188. The Morgan fingerprint density at radius 3 is 2.40 bits per heavy atom. The molecule has 0 radical (unpaired) electrons. The van der Waals surface area contributed by atoms with Crippen LogP contribution in [0.15, 0.2) is 18.2 Å². The lowest BCUT2D eigenvalue weighted by Crippen LogP contribution is -2.04. The van der Waals surface area contributed by atoms with Crippen molar-refractivity contribution in [3.63, 3.8) is 0 Å². The Hall–Kier alpha value is -1.04. The summed E-state index contributed by atoms with van der Waals surface area (Å²) in [6, 6.07) is 6.68. The average molecular weight is 242 g/mol. The third-order valence-corrected chi connectivity index (χ3v) is 2.33. The van der Waals surface area contributed by atoms with Gasteiger partial charge in [-0.05, 0) is 25.1 Å². The highest BCUT2D eigenvalue weighted by atomic mass is 35.5. The Kier molecular flexibility index (Phi) is 4.14. The van der Waals surface area contributed by atoms with Gasteiger partial charge >= 0.3 is 0 Å². The molecule has 0 heterocycles. The summed E-state index contributed by atoms with van der Waals surface area (Å²) in [5.74, 6) is -0.413. The molecule has 1 unspecified atom stereocenters. The fraction of sp³-hybridized carbons (Fsp3) is 0.273. The standard InChI is InChI=1S/C11H9Cl2NO/c1-7(6-14)2-11(15)8-3-9(12)5-10(13)4-8/h3-5,7H,2H2,1H3. The molecule has 0 aliphatic heterocycles. The van der Waals surface area contributed by atoms with E-state index in [0.717, 1.165) is 0 Å².